The number of rotatable bonds is 4. The van der Waals surface area contributed by atoms with E-state index in [0.717, 1.165) is 51.0 Å². The molecule has 5 rings (SSSR count). The van der Waals surface area contributed by atoms with Gasteiger partial charge in [-0.05, 0) is 50.9 Å². The first kappa shape index (κ1) is 19.2. The molecule has 0 bridgehead atoms. The highest BCUT2D eigenvalue weighted by atomic mass is 16.5. The molecule has 2 heterocycles. The number of hydrogen-bond acceptors (Lipinski definition) is 3. The fraction of sp³-hybridized carbons (Fsp3) is 0.957. The van der Waals surface area contributed by atoms with Crippen LogP contribution in [0.3, 0.4) is 0 Å². The average Bonchev–Trinajstić information content (AvgIpc) is 3.48. The van der Waals surface area contributed by atoms with E-state index in [9.17, 15) is 0 Å². The lowest BCUT2D eigenvalue weighted by molar-refractivity contribution is -0.125. The van der Waals surface area contributed by atoms with E-state index < -0.39 is 0 Å². The van der Waals surface area contributed by atoms with Crippen LogP contribution < -0.4 is 5.32 Å². The zero-order valence-electron chi connectivity index (χ0n) is 17.7. The van der Waals surface area contributed by atoms with Gasteiger partial charge in [-0.1, -0.05) is 25.7 Å². The molecule has 3 atom stereocenters. The lowest BCUT2D eigenvalue weighted by Crippen LogP contribution is -2.69. The minimum absolute atomic E-state index is 0.389. The SMILES string of the molecule is CN=C(NC1C2CCOC2C12CCCC2)N1CCC(OCC2CCCC2)CC1. The van der Waals surface area contributed by atoms with Gasteiger partial charge in [0.15, 0.2) is 5.96 Å². The highest BCUT2D eigenvalue weighted by Crippen LogP contribution is 2.60. The van der Waals surface area contributed by atoms with E-state index in [0.29, 0.717) is 29.6 Å². The lowest BCUT2D eigenvalue weighted by atomic mass is 9.54. The maximum Gasteiger partial charge on any atom is 0.193 e. The van der Waals surface area contributed by atoms with Crippen LogP contribution in [0.25, 0.3) is 0 Å². The van der Waals surface area contributed by atoms with Crippen LogP contribution in [0.4, 0.5) is 0 Å². The molecule has 158 valence electrons. The summed E-state index contributed by atoms with van der Waals surface area (Å²) >= 11 is 0. The molecule has 1 N–H and O–H groups in total. The summed E-state index contributed by atoms with van der Waals surface area (Å²) in [6.45, 7) is 4.08. The number of ether oxygens (including phenoxy) is 2. The minimum atomic E-state index is 0.389. The molecule has 0 aromatic heterocycles. The van der Waals surface area contributed by atoms with E-state index in [-0.39, 0.29) is 0 Å². The molecule has 2 saturated heterocycles. The number of nitrogens with one attached hydrogen (secondary N) is 1. The highest BCUT2D eigenvalue weighted by Gasteiger charge is 2.65. The van der Waals surface area contributed by atoms with Gasteiger partial charge in [0.2, 0.25) is 0 Å². The Labute approximate surface area is 170 Å². The molecule has 5 nitrogen and oxygen atoms in total. The van der Waals surface area contributed by atoms with Gasteiger partial charge < -0.3 is 19.7 Å². The van der Waals surface area contributed by atoms with Crippen molar-refractivity contribution in [1.82, 2.24) is 10.2 Å². The number of hydrogen-bond donors (Lipinski definition) is 1. The first-order valence-corrected chi connectivity index (χ1v) is 12.0. The molecule has 3 saturated carbocycles. The third-order valence-corrected chi connectivity index (χ3v) is 8.57. The fourth-order valence-electron chi connectivity index (χ4n) is 7.02. The summed E-state index contributed by atoms with van der Waals surface area (Å²) in [6.07, 6.45) is 15.4. The number of likely N-dealkylation sites (tertiary alicyclic amines) is 1. The third-order valence-electron chi connectivity index (χ3n) is 8.57. The van der Waals surface area contributed by atoms with Gasteiger partial charge in [0.25, 0.3) is 0 Å². The zero-order valence-corrected chi connectivity index (χ0v) is 17.7. The molecule has 2 aliphatic heterocycles. The first-order chi connectivity index (χ1) is 13.8. The number of fused-ring (bicyclic) bond motifs is 2. The Morgan fingerprint density at radius 1 is 1.07 bits per heavy atom. The van der Waals surface area contributed by atoms with Crippen molar-refractivity contribution >= 4 is 5.96 Å². The number of guanidine groups is 1. The summed E-state index contributed by atoms with van der Waals surface area (Å²) in [7, 11) is 1.95. The van der Waals surface area contributed by atoms with Crippen molar-refractivity contribution in [3.8, 4) is 0 Å². The molecule has 5 heteroatoms. The van der Waals surface area contributed by atoms with E-state index in [1.807, 2.05) is 7.05 Å². The molecule has 5 aliphatic rings. The fourth-order valence-corrected chi connectivity index (χ4v) is 7.02. The molecule has 0 amide bonds. The van der Waals surface area contributed by atoms with Crippen LogP contribution in [0, 0.1) is 17.3 Å². The van der Waals surface area contributed by atoms with Gasteiger partial charge in [0.1, 0.15) is 0 Å². The Hall–Kier alpha value is -0.810. The molecular weight excluding hydrogens is 350 g/mol. The van der Waals surface area contributed by atoms with Crippen molar-refractivity contribution in [2.75, 3.05) is 33.4 Å². The summed E-state index contributed by atoms with van der Waals surface area (Å²) in [5, 5.41) is 3.92. The summed E-state index contributed by atoms with van der Waals surface area (Å²) in [6, 6.07) is 0.567. The van der Waals surface area contributed by atoms with Gasteiger partial charge in [-0.2, -0.15) is 0 Å². The van der Waals surface area contributed by atoms with E-state index in [1.165, 1.54) is 57.8 Å². The average molecular weight is 390 g/mol. The summed E-state index contributed by atoms with van der Waals surface area (Å²) in [5.41, 5.74) is 0.389. The first-order valence-electron chi connectivity index (χ1n) is 12.0. The van der Waals surface area contributed by atoms with Crippen LogP contribution in [-0.2, 0) is 9.47 Å². The standard InChI is InChI=1S/C23H39N3O2/c1-24-22(25-20-19-10-15-27-21(19)23(20)11-4-5-12-23)26-13-8-18(9-14-26)28-16-17-6-2-3-7-17/h17-21H,2-16H2,1H3,(H,24,25). The molecule has 5 fully saturated rings. The van der Waals surface area contributed by atoms with Gasteiger partial charge in [0, 0.05) is 50.7 Å². The minimum Gasteiger partial charge on any atom is -0.378 e. The van der Waals surface area contributed by atoms with Crippen LogP contribution >= 0.6 is 0 Å². The number of aliphatic imine (C=N–C) groups is 1. The Bertz CT molecular complexity index is 560. The van der Waals surface area contributed by atoms with Crippen molar-refractivity contribution in [1.29, 1.82) is 0 Å². The Balaban J connectivity index is 1.14. The quantitative estimate of drug-likeness (QED) is 0.590. The van der Waals surface area contributed by atoms with E-state index in [4.69, 9.17) is 9.47 Å². The predicted molar refractivity (Wildman–Crippen MR) is 112 cm³/mol. The maximum absolute atomic E-state index is 6.27. The molecule has 3 unspecified atom stereocenters. The Kier molecular flexibility index (Phi) is 5.57. The Morgan fingerprint density at radius 3 is 2.54 bits per heavy atom. The van der Waals surface area contributed by atoms with Crippen LogP contribution in [0.5, 0.6) is 0 Å². The summed E-state index contributed by atoms with van der Waals surface area (Å²) in [5.74, 6) is 2.65. The van der Waals surface area contributed by atoms with Crippen molar-refractivity contribution < 1.29 is 9.47 Å². The zero-order chi connectivity index (χ0) is 19.0. The predicted octanol–water partition coefficient (Wildman–Crippen LogP) is 3.58. The maximum atomic E-state index is 6.27. The molecule has 0 aromatic rings. The van der Waals surface area contributed by atoms with E-state index in [1.54, 1.807) is 0 Å². The topological polar surface area (TPSA) is 46.1 Å². The van der Waals surface area contributed by atoms with Crippen molar-refractivity contribution in [3.05, 3.63) is 0 Å². The van der Waals surface area contributed by atoms with Crippen LogP contribution in [0.15, 0.2) is 4.99 Å². The van der Waals surface area contributed by atoms with Crippen LogP contribution in [-0.4, -0.2) is 62.5 Å². The number of nitrogens with zero attached hydrogens (tertiary/aromatic N) is 2. The lowest BCUT2D eigenvalue weighted by Gasteiger charge is -2.57. The third kappa shape index (κ3) is 3.36. The summed E-state index contributed by atoms with van der Waals surface area (Å²) < 4.78 is 12.4. The van der Waals surface area contributed by atoms with E-state index >= 15 is 0 Å². The Morgan fingerprint density at radius 2 is 1.82 bits per heavy atom. The van der Waals surface area contributed by atoms with E-state index in [2.05, 4.69) is 15.2 Å². The van der Waals surface area contributed by atoms with Crippen molar-refractivity contribution in [3.63, 3.8) is 0 Å². The second kappa shape index (κ2) is 8.14. The van der Waals surface area contributed by atoms with Gasteiger partial charge in [-0.15, -0.1) is 0 Å². The molecule has 0 aromatic carbocycles. The molecule has 1 spiro atoms. The van der Waals surface area contributed by atoms with Crippen LogP contribution in [0.2, 0.25) is 0 Å². The second-order valence-electron chi connectivity index (χ2n) is 10.0. The van der Waals surface area contributed by atoms with Crippen molar-refractivity contribution in [2.45, 2.75) is 88.9 Å². The highest BCUT2D eigenvalue weighted by molar-refractivity contribution is 5.80. The monoisotopic (exact) mass is 389 g/mol. The van der Waals surface area contributed by atoms with Gasteiger partial charge in [-0.3, -0.25) is 4.99 Å². The molecule has 28 heavy (non-hydrogen) atoms. The van der Waals surface area contributed by atoms with Crippen LogP contribution in [0.1, 0.15) is 70.6 Å². The number of piperidine rings is 1. The molecular formula is C23H39N3O2. The summed E-state index contributed by atoms with van der Waals surface area (Å²) in [4.78, 5) is 7.16. The smallest absolute Gasteiger partial charge is 0.193 e. The molecule has 3 aliphatic carbocycles. The molecule has 0 radical (unpaired) electrons. The van der Waals surface area contributed by atoms with Gasteiger partial charge >= 0.3 is 0 Å². The van der Waals surface area contributed by atoms with Gasteiger partial charge in [-0.25, -0.2) is 0 Å². The largest absolute Gasteiger partial charge is 0.378 e. The second-order valence-corrected chi connectivity index (χ2v) is 10.0. The van der Waals surface area contributed by atoms with Gasteiger partial charge in [0.05, 0.1) is 12.2 Å². The normalized spacial score (nSPS) is 36.1. The van der Waals surface area contributed by atoms with Crippen molar-refractivity contribution in [2.24, 2.45) is 22.2 Å².